The molecule has 1 N–H and O–H groups in total. The Morgan fingerprint density at radius 1 is 1.26 bits per heavy atom. The van der Waals surface area contributed by atoms with Gasteiger partial charge in [-0.15, -0.1) is 10.2 Å². The van der Waals surface area contributed by atoms with Crippen molar-refractivity contribution >= 4 is 17.5 Å². The molecule has 10 nitrogen and oxygen atoms in total. The Bertz CT molecular complexity index is 1250. The van der Waals surface area contributed by atoms with Crippen LogP contribution >= 0.6 is 0 Å². The van der Waals surface area contributed by atoms with E-state index >= 15 is 0 Å². The second kappa shape index (κ2) is 9.35. The third kappa shape index (κ3) is 4.06. The van der Waals surface area contributed by atoms with E-state index < -0.39 is 0 Å². The van der Waals surface area contributed by atoms with Crippen LogP contribution in [-0.2, 0) is 24.2 Å². The molecule has 184 valence electrons. The Kier molecular flexibility index (Phi) is 6.24. The van der Waals surface area contributed by atoms with E-state index in [9.17, 15) is 4.79 Å². The van der Waals surface area contributed by atoms with Crippen molar-refractivity contribution < 1.29 is 9.53 Å². The van der Waals surface area contributed by atoms with Gasteiger partial charge in [-0.2, -0.15) is 0 Å². The van der Waals surface area contributed by atoms with Gasteiger partial charge in [0.1, 0.15) is 23.2 Å². The molecule has 1 amide bonds. The Morgan fingerprint density at radius 2 is 2.09 bits per heavy atom. The molecule has 1 unspecified atom stereocenters. The summed E-state index contributed by atoms with van der Waals surface area (Å²) in [5.74, 6) is 2.99. The first-order chi connectivity index (χ1) is 16.9. The molecule has 5 heterocycles. The monoisotopic (exact) mass is 476 g/mol. The molecule has 0 fully saturated rings. The average Bonchev–Trinajstić information content (AvgIpc) is 3.54. The van der Waals surface area contributed by atoms with Crippen molar-refractivity contribution in [1.29, 1.82) is 0 Å². The van der Waals surface area contributed by atoms with E-state index in [0.717, 1.165) is 35.7 Å². The maximum Gasteiger partial charge on any atom is 0.260 e. The minimum Gasteiger partial charge on any atom is -0.383 e. The number of methoxy groups -OCH3 is 1. The first-order valence-corrected chi connectivity index (χ1v) is 12.0. The minimum atomic E-state index is -0.0634. The number of anilines is 2. The Balaban J connectivity index is 1.50. The number of carbonyl (C=O) groups excluding carboxylic acids is 1. The van der Waals surface area contributed by atoms with Gasteiger partial charge >= 0.3 is 0 Å². The van der Waals surface area contributed by atoms with Gasteiger partial charge in [-0.05, 0) is 45.5 Å². The van der Waals surface area contributed by atoms with Crippen molar-refractivity contribution in [3.63, 3.8) is 0 Å². The molecule has 0 saturated heterocycles. The number of fused-ring (bicyclic) bond motifs is 2. The molecule has 0 aliphatic carbocycles. The number of hydrogen-bond donors (Lipinski definition) is 1. The van der Waals surface area contributed by atoms with E-state index in [1.807, 2.05) is 38.4 Å². The third-order valence-corrected chi connectivity index (χ3v) is 6.90. The lowest BCUT2D eigenvalue weighted by Crippen LogP contribution is -2.27. The minimum absolute atomic E-state index is 0.0634. The molecule has 35 heavy (non-hydrogen) atoms. The summed E-state index contributed by atoms with van der Waals surface area (Å²) in [5, 5.41) is 12.0. The van der Waals surface area contributed by atoms with Crippen molar-refractivity contribution in [2.24, 2.45) is 0 Å². The Morgan fingerprint density at radius 3 is 2.83 bits per heavy atom. The van der Waals surface area contributed by atoms with Crippen LogP contribution in [0.1, 0.15) is 53.7 Å². The van der Waals surface area contributed by atoms with Gasteiger partial charge in [0, 0.05) is 38.7 Å². The molecular weight excluding hydrogens is 444 g/mol. The second-order valence-corrected chi connectivity index (χ2v) is 9.42. The van der Waals surface area contributed by atoms with Crippen LogP contribution in [-0.4, -0.2) is 64.5 Å². The molecule has 3 aromatic heterocycles. The molecule has 2 aliphatic rings. The van der Waals surface area contributed by atoms with Crippen LogP contribution in [0, 0.1) is 0 Å². The highest BCUT2D eigenvalue weighted by atomic mass is 16.5. The van der Waals surface area contributed by atoms with Gasteiger partial charge in [-0.25, -0.2) is 9.97 Å². The molecule has 0 saturated carbocycles. The number of amides is 1. The van der Waals surface area contributed by atoms with Crippen LogP contribution in [0.25, 0.3) is 11.5 Å². The van der Waals surface area contributed by atoms with Gasteiger partial charge < -0.3 is 19.5 Å². The highest BCUT2D eigenvalue weighted by Gasteiger charge is 2.34. The summed E-state index contributed by atoms with van der Waals surface area (Å²) in [7, 11) is 5.60. The maximum absolute atomic E-state index is 13.6. The van der Waals surface area contributed by atoms with Crippen LogP contribution in [0.5, 0.6) is 0 Å². The maximum atomic E-state index is 13.6. The molecule has 1 atom stereocenters. The van der Waals surface area contributed by atoms with Crippen molar-refractivity contribution in [3.8, 4) is 11.5 Å². The highest BCUT2D eigenvalue weighted by Crippen LogP contribution is 2.34. The first-order valence-electron chi connectivity index (χ1n) is 12.0. The summed E-state index contributed by atoms with van der Waals surface area (Å²) in [6.45, 7) is 5.84. The van der Waals surface area contributed by atoms with E-state index in [1.165, 1.54) is 0 Å². The van der Waals surface area contributed by atoms with Crippen molar-refractivity contribution in [3.05, 3.63) is 46.9 Å². The number of rotatable bonds is 8. The topological polar surface area (TPSA) is 101 Å². The lowest BCUT2D eigenvalue weighted by Gasteiger charge is -2.24. The number of nitrogens with zero attached hydrogens (tertiary/aromatic N) is 7. The molecule has 0 spiro atoms. The Labute approximate surface area is 205 Å². The van der Waals surface area contributed by atoms with Crippen LogP contribution in [0.2, 0.25) is 0 Å². The zero-order valence-electron chi connectivity index (χ0n) is 20.9. The normalized spacial score (nSPS) is 16.8. The zero-order chi connectivity index (χ0) is 24.7. The fourth-order valence-corrected chi connectivity index (χ4v) is 4.82. The molecule has 0 aromatic carbocycles. The smallest absolute Gasteiger partial charge is 0.260 e. The predicted molar refractivity (Wildman–Crippen MR) is 134 cm³/mol. The SMILES string of the molecule is CNCc1nc(N(C)C(C)C)cc2c1CN(c1cccc(-c3nnc4n3C(COC)CC4)n1)C2=O. The highest BCUT2D eigenvalue weighted by molar-refractivity contribution is 6.10. The van der Waals surface area contributed by atoms with Crippen molar-refractivity contribution in [2.45, 2.75) is 51.9 Å². The number of hydrogen-bond acceptors (Lipinski definition) is 8. The fraction of sp³-hybridized carbons (Fsp3) is 0.480. The standard InChI is InChI=1S/C25H32N8O2/c1-15(2)31(4)23-11-17-18(20(28-23)12-26-3)13-32(25(17)34)21-8-6-7-19(27-21)24-30-29-22-10-9-16(14-35-5)33(22)24/h6-8,11,15-16,26H,9-10,12-14H2,1-5H3. The molecular formula is C25H32N8O2. The van der Waals surface area contributed by atoms with Crippen LogP contribution in [0.3, 0.4) is 0 Å². The summed E-state index contributed by atoms with van der Waals surface area (Å²) in [4.78, 5) is 27.1. The van der Waals surface area contributed by atoms with Gasteiger partial charge in [0.15, 0.2) is 5.82 Å². The molecule has 0 radical (unpaired) electrons. The summed E-state index contributed by atoms with van der Waals surface area (Å²) in [6, 6.07) is 8.06. The molecule has 0 bridgehead atoms. The molecule has 10 heteroatoms. The van der Waals surface area contributed by atoms with Crippen molar-refractivity contribution in [2.75, 3.05) is 37.6 Å². The van der Waals surface area contributed by atoms with Crippen LogP contribution in [0.15, 0.2) is 24.3 Å². The van der Waals surface area contributed by atoms with Gasteiger partial charge in [0.05, 0.1) is 30.5 Å². The van der Waals surface area contributed by atoms with Crippen LogP contribution < -0.4 is 15.1 Å². The number of ether oxygens (including phenoxy) is 1. The number of nitrogens with one attached hydrogen (secondary N) is 1. The summed E-state index contributed by atoms with van der Waals surface area (Å²) >= 11 is 0. The average molecular weight is 477 g/mol. The number of aryl methyl sites for hydroxylation is 1. The number of pyridine rings is 2. The van der Waals surface area contributed by atoms with E-state index in [0.29, 0.717) is 42.6 Å². The third-order valence-electron chi connectivity index (χ3n) is 6.90. The quantitative estimate of drug-likeness (QED) is 0.529. The van der Waals surface area contributed by atoms with Gasteiger partial charge in [-0.3, -0.25) is 9.69 Å². The predicted octanol–water partition coefficient (Wildman–Crippen LogP) is 2.59. The lowest BCUT2D eigenvalue weighted by atomic mass is 10.1. The summed E-state index contributed by atoms with van der Waals surface area (Å²) in [5.41, 5.74) is 3.21. The van der Waals surface area contributed by atoms with E-state index in [4.69, 9.17) is 14.7 Å². The molecule has 2 aliphatic heterocycles. The van der Waals surface area contributed by atoms with E-state index in [2.05, 4.69) is 38.8 Å². The first kappa shape index (κ1) is 23.4. The largest absolute Gasteiger partial charge is 0.383 e. The van der Waals surface area contributed by atoms with Crippen molar-refractivity contribution in [1.82, 2.24) is 30.0 Å². The van der Waals surface area contributed by atoms with Crippen LogP contribution in [0.4, 0.5) is 11.6 Å². The fourth-order valence-electron chi connectivity index (χ4n) is 4.82. The Hall–Kier alpha value is -3.37. The van der Waals surface area contributed by atoms with E-state index in [-0.39, 0.29) is 18.0 Å². The van der Waals surface area contributed by atoms with E-state index in [1.54, 1.807) is 12.0 Å². The van der Waals surface area contributed by atoms with Gasteiger partial charge in [-0.1, -0.05) is 6.07 Å². The number of carbonyl (C=O) groups is 1. The zero-order valence-corrected chi connectivity index (χ0v) is 20.9. The number of aromatic nitrogens is 5. The molecule has 3 aromatic rings. The van der Waals surface area contributed by atoms with Gasteiger partial charge in [0.25, 0.3) is 5.91 Å². The molecule has 5 rings (SSSR count). The van der Waals surface area contributed by atoms with Gasteiger partial charge in [0.2, 0.25) is 0 Å². The second-order valence-electron chi connectivity index (χ2n) is 9.42. The lowest BCUT2D eigenvalue weighted by molar-refractivity contribution is 0.0996. The summed E-state index contributed by atoms with van der Waals surface area (Å²) in [6.07, 6.45) is 1.84. The summed E-state index contributed by atoms with van der Waals surface area (Å²) < 4.78 is 7.53.